The molecule has 3 aromatic rings. The molecule has 1 atom stereocenters. The van der Waals surface area contributed by atoms with Gasteiger partial charge < -0.3 is 9.47 Å². The van der Waals surface area contributed by atoms with Crippen molar-refractivity contribution < 1.29 is 19.1 Å². The summed E-state index contributed by atoms with van der Waals surface area (Å²) in [6.45, 7) is 3.78. The van der Waals surface area contributed by atoms with Gasteiger partial charge in [-0.05, 0) is 49.2 Å². The van der Waals surface area contributed by atoms with E-state index in [1.165, 1.54) is 12.0 Å². The van der Waals surface area contributed by atoms with Crippen LogP contribution >= 0.6 is 0 Å². The summed E-state index contributed by atoms with van der Waals surface area (Å²) < 4.78 is 10.8. The summed E-state index contributed by atoms with van der Waals surface area (Å²) in [5.41, 5.74) is 4.03. The Morgan fingerprint density at radius 3 is 2.29 bits per heavy atom. The third-order valence-electron chi connectivity index (χ3n) is 5.94. The van der Waals surface area contributed by atoms with Gasteiger partial charge in [0.2, 0.25) is 5.91 Å². The largest absolute Gasteiger partial charge is 0.497 e. The first-order valence-corrected chi connectivity index (χ1v) is 11.1. The number of methoxy groups -OCH3 is 2. The van der Waals surface area contributed by atoms with Crippen molar-refractivity contribution in [3.63, 3.8) is 0 Å². The molecule has 0 radical (unpaired) electrons. The molecule has 6 nitrogen and oxygen atoms in total. The Hall–Kier alpha value is -4.06. The van der Waals surface area contributed by atoms with E-state index in [9.17, 15) is 9.59 Å². The number of ether oxygens (including phenoxy) is 2. The lowest BCUT2D eigenvalue weighted by atomic mass is 9.98. The molecule has 4 rings (SSSR count). The van der Waals surface area contributed by atoms with Crippen LogP contribution in [0.25, 0.3) is 6.08 Å². The Morgan fingerprint density at radius 1 is 0.941 bits per heavy atom. The van der Waals surface area contributed by atoms with E-state index in [4.69, 9.17) is 9.47 Å². The quantitative estimate of drug-likeness (QED) is 0.531. The van der Waals surface area contributed by atoms with Crippen LogP contribution in [0.15, 0.2) is 78.4 Å². The number of nitrogens with zero attached hydrogens (tertiary/aromatic N) is 2. The number of amides is 2. The summed E-state index contributed by atoms with van der Waals surface area (Å²) in [6.07, 6.45) is 1.95. The first kappa shape index (κ1) is 23.1. The number of hydrogen-bond acceptors (Lipinski definition) is 4. The van der Waals surface area contributed by atoms with Gasteiger partial charge in [-0.1, -0.05) is 54.1 Å². The number of carbonyl (C=O) groups excluding carboxylic acids is 2. The van der Waals surface area contributed by atoms with Crippen LogP contribution in [-0.4, -0.2) is 38.6 Å². The Bertz CT molecular complexity index is 1220. The maximum Gasteiger partial charge on any atom is 0.255 e. The van der Waals surface area contributed by atoms with Crippen LogP contribution < -0.4 is 19.3 Å². The highest BCUT2D eigenvalue weighted by molar-refractivity contribution is 6.16. The van der Waals surface area contributed by atoms with E-state index in [1.807, 2.05) is 74.5 Å². The summed E-state index contributed by atoms with van der Waals surface area (Å²) in [6, 6.07) is 21.8. The fourth-order valence-electron chi connectivity index (χ4n) is 4.19. The van der Waals surface area contributed by atoms with Crippen molar-refractivity contribution >= 4 is 29.3 Å². The predicted octanol–water partition coefficient (Wildman–Crippen LogP) is 4.86. The van der Waals surface area contributed by atoms with Crippen LogP contribution in [0, 0.1) is 6.92 Å². The molecule has 0 spiro atoms. The van der Waals surface area contributed by atoms with Crippen molar-refractivity contribution in [3.8, 4) is 11.5 Å². The van der Waals surface area contributed by atoms with Crippen molar-refractivity contribution in [2.45, 2.75) is 19.9 Å². The molecule has 1 saturated heterocycles. The molecule has 0 bridgehead atoms. The van der Waals surface area contributed by atoms with Gasteiger partial charge in [0.05, 0.1) is 19.9 Å². The fourth-order valence-corrected chi connectivity index (χ4v) is 4.19. The third-order valence-corrected chi connectivity index (χ3v) is 5.94. The Morgan fingerprint density at radius 2 is 1.65 bits per heavy atom. The second kappa shape index (κ2) is 9.83. The van der Waals surface area contributed by atoms with E-state index >= 15 is 0 Å². The monoisotopic (exact) mass is 456 g/mol. The SMILES string of the molecule is COc1ccc(N2CC(=O)N(c3ccc(C)cc3)[C@@H](/C(C)=C\c3ccccc3)C2=O)c(OC)c1. The number of hydrogen-bond donors (Lipinski definition) is 0. The van der Waals surface area contributed by atoms with Gasteiger partial charge in [-0.2, -0.15) is 0 Å². The molecular weight excluding hydrogens is 428 g/mol. The lowest BCUT2D eigenvalue weighted by molar-refractivity contribution is -0.127. The normalized spacial score (nSPS) is 16.6. The maximum absolute atomic E-state index is 14.0. The average Bonchev–Trinajstić information content (AvgIpc) is 2.85. The highest BCUT2D eigenvalue weighted by Crippen LogP contribution is 2.36. The minimum Gasteiger partial charge on any atom is -0.497 e. The van der Waals surface area contributed by atoms with Gasteiger partial charge in [0.1, 0.15) is 24.1 Å². The zero-order valence-electron chi connectivity index (χ0n) is 19.8. The minimum atomic E-state index is -0.795. The Kier molecular flexibility index (Phi) is 6.68. The van der Waals surface area contributed by atoms with Gasteiger partial charge >= 0.3 is 0 Å². The molecule has 1 heterocycles. The number of benzene rings is 3. The van der Waals surface area contributed by atoms with Crippen molar-refractivity contribution in [2.24, 2.45) is 0 Å². The van der Waals surface area contributed by atoms with E-state index < -0.39 is 6.04 Å². The van der Waals surface area contributed by atoms with E-state index in [0.717, 1.165) is 16.7 Å². The van der Waals surface area contributed by atoms with Crippen molar-refractivity contribution in [1.29, 1.82) is 0 Å². The second-order valence-electron chi connectivity index (χ2n) is 8.26. The average molecular weight is 457 g/mol. The number of piperazine rings is 1. The van der Waals surface area contributed by atoms with Gasteiger partial charge in [0.25, 0.3) is 5.91 Å². The number of anilines is 2. The molecule has 1 fully saturated rings. The number of aryl methyl sites for hydroxylation is 1. The van der Waals surface area contributed by atoms with E-state index in [-0.39, 0.29) is 18.4 Å². The summed E-state index contributed by atoms with van der Waals surface area (Å²) in [5, 5.41) is 0. The first-order valence-electron chi connectivity index (χ1n) is 11.1. The molecule has 2 amide bonds. The molecule has 3 aromatic carbocycles. The van der Waals surface area contributed by atoms with Gasteiger partial charge in [-0.3, -0.25) is 19.4 Å². The summed E-state index contributed by atoms with van der Waals surface area (Å²) >= 11 is 0. The molecule has 0 N–H and O–H groups in total. The van der Waals surface area contributed by atoms with Crippen LogP contribution in [0.1, 0.15) is 18.1 Å². The Balaban J connectivity index is 1.81. The van der Waals surface area contributed by atoms with Crippen LogP contribution in [0.5, 0.6) is 11.5 Å². The van der Waals surface area contributed by atoms with Gasteiger partial charge in [0.15, 0.2) is 0 Å². The minimum absolute atomic E-state index is 0.0927. The Labute approximate surface area is 200 Å². The lowest BCUT2D eigenvalue weighted by Crippen LogP contribution is -2.61. The lowest BCUT2D eigenvalue weighted by Gasteiger charge is -2.41. The van der Waals surface area contributed by atoms with Gasteiger partial charge in [-0.25, -0.2) is 0 Å². The molecule has 1 aliphatic heterocycles. The third kappa shape index (κ3) is 4.53. The molecule has 6 heteroatoms. The molecule has 174 valence electrons. The number of carbonyl (C=O) groups is 2. The molecule has 0 aliphatic carbocycles. The predicted molar refractivity (Wildman–Crippen MR) is 134 cm³/mol. The summed E-state index contributed by atoms with van der Waals surface area (Å²) in [7, 11) is 3.10. The van der Waals surface area contributed by atoms with Crippen molar-refractivity contribution in [3.05, 3.63) is 89.5 Å². The van der Waals surface area contributed by atoms with E-state index in [0.29, 0.717) is 22.9 Å². The highest BCUT2D eigenvalue weighted by atomic mass is 16.5. The fraction of sp³-hybridized carbons (Fsp3) is 0.214. The van der Waals surface area contributed by atoms with Crippen LogP contribution in [0.2, 0.25) is 0 Å². The first-order chi connectivity index (χ1) is 16.4. The standard InChI is InChI=1S/C28H28N2O4/c1-19-10-12-22(13-11-19)30-26(31)18-29(24-15-14-23(33-3)17-25(24)34-4)28(32)27(30)20(2)16-21-8-6-5-7-9-21/h5-17,27H,18H2,1-4H3/b20-16-/t27-/m0/s1. The van der Waals surface area contributed by atoms with Crippen LogP contribution in [0.4, 0.5) is 11.4 Å². The van der Waals surface area contributed by atoms with Crippen LogP contribution in [0.3, 0.4) is 0 Å². The molecule has 0 unspecified atom stereocenters. The molecule has 1 aliphatic rings. The highest BCUT2D eigenvalue weighted by Gasteiger charge is 2.42. The van der Waals surface area contributed by atoms with E-state index in [1.54, 1.807) is 30.2 Å². The molecule has 34 heavy (non-hydrogen) atoms. The summed E-state index contributed by atoms with van der Waals surface area (Å²) in [4.78, 5) is 30.6. The van der Waals surface area contributed by atoms with Crippen molar-refractivity contribution in [2.75, 3.05) is 30.6 Å². The smallest absolute Gasteiger partial charge is 0.255 e. The molecular formula is C28H28N2O4. The zero-order chi connectivity index (χ0) is 24.2. The maximum atomic E-state index is 14.0. The van der Waals surface area contributed by atoms with Crippen LogP contribution in [-0.2, 0) is 9.59 Å². The van der Waals surface area contributed by atoms with Gasteiger partial charge in [0, 0.05) is 11.8 Å². The molecule has 0 saturated carbocycles. The molecule has 0 aromatic heterocycles. The summed E-state index contributed by atoms with van der Waals surface area (Å²) in [5.74, 6) is 0.697. The van der Waals surface area contributed by atoms with Gasteiger partial charge in [-0.15, -0.1) is 0 Å². The zero-order valence-corrected chi connectivity index (χ0v) is 19.8. The van der Waals surface area contributed by atoms with E-state index in [2.05, 4.69) is 0 Å². The van der Waals surface area contributed by atoms with Crippen molar-refractivity contribution in [1.82, 2.24) is 0 Å². The topological polar surface area (TPSA) is 59.1 Å². The second-order valence-corrected chi connectivity index (χ2v) is 8.26. The number of rotatable bonds is 6.